The van der Waals surface area contributed by atoms with Gasteiger partial charge in [0.2, 0.25) is 11.8 Å². The van der Waals surface area contributed by atoms with Gasteiger partial charge in [0.05, 0.1) is 39.5 Å². The Morgan fingerprint density at radius 2 is 0.860 bits per heavy atom. The predicted molar refractivity (Wildman–Crippen MR) is 187 cm³/mol. The largest absolute Gasteiger partial charge is 0.492 e. The second kappa shape index (κ2) is 17.1. The molecule has 4 aromatic carbocycles. The first-order valence-corrected chi connectivity index (χ1v) is 16.7. The van der Waals surface area contributed by atoms with Gasteiger partial charge in [0.25, 0.3) is 0 Å². The maximum absolute atomic E-state index is 6.04. The number of ether oxygens (including phenoxy) is 6. The summed E-state index contributed by atoms with van der Waals surface area (Å²) in [6, 6.07) is 37.2. The Kier molecular flexibility index (Phi) is 11.4. The van der Waals surface area contributed by atoms with Crippen molar-refractivity contribution in [2.75, 3.05) is 52.7 Å². The number of nitrogens with one attached hydrogen (secondary N) is 2. The molecule has 0 aliphatic carbocycles. The van der Waals surface area contributed by atoms with Crippen molar-refractivity contribution in [3.8, 4) is 57.0 Å². The van der Waals surface area contributed by atoms with Crippen molar-refractivity contribution in [2.45, 2.75) is 12.2 Å². The van der Waals surface area contributed by atoms with Crippen molar-refractivity contribution < 1.29 is 38.1 Å². The summed E-state index contributed by atoms with van der Waals surface area (Å²) in [7, 11) is 0. The van der Waals surface area contributed by atoms with E-state index < -0.39 is 0 Å². The predicted octanol–water partition coefficient (Wildman–Crippen LogP) is 6.60. The van der Waals surface area contributed by atoms with Crippen molar-refractivity contribution in [2.24, 2.45) is 0 Å². The third-order valence-corrected chi connectivity index (χ3v) is 7.72. The molecular formula is C39H39N3O8. The van der Waals surface area contributed by atoms with Gasteiger partial charge in [-0.2, -0.15) is 15.9 Å². The number of nitrogens with zero attached hydrogens (tertiary/aromatic N) is 1. The van der Waals surface area contributed by atoms with Crippen molar-refractivity contribution >= 4 is 0 Å². The Morgan fingerprint density at radius 3 is 1.22 bits per heavy atom. The number of epoxide rings is 2. The van der Waals surface area contributed by atoms with Crippen molar-refractivity contribution in [1.29, 1.82) is 0 Å². The molecule has 0 bridgehead atoms. The van der Waals surface area contributed by atoms with Crippen molar-refractivity contribution in [3.63, 3.8) is 0 Å². The number of hydroxylamine groups is 2. The Balaban J connectivity index is 0.849. The normalized spacial score (nSPS) is 16.1. The van der Waals surface area contributed by atoms with Crippen LogP contribution in [0.2, 0.25) is 0 Å². The van der Waals surface area contributed by atoms with Gasteiger partial charge in [-0.05, 0) is 70.8 Å². The van der Waals surface area contributed by atoms with E-state index in [2.05, 4.69) is 15.9 Å². The fourth-order valence-corrected chi connectivity index (χ4v) is 4.87. The minimum absolute atomic E-state index is 0.237. The zero-order valence-corrected chi connectivity index (χ0v) is 27.5. The van der Waals surface area contributed by atoms with Crippen LogP contribution in [-0.4, -0.2) is 69.9 Å². The third-order valence-electron chi connectivity index (χ3n) is 7.72. The van der Waals surface area contributed by atoms with Crippen LogP contribution in [0.5, 0.6) is 34.8 Å². The molecule has 2 aliphatic rings. The molecule has 2 N–H and O–H groups in total. The lowest BCUT2D eigenvalue weighted by atomic mass is 10.1. The van der Waals surface area contributed by atoms with Crippen LogP contribution in [0, 0.1) is 0 Å². The van der Waals surface area contributed by atoms with Crippen LogP contribution in [0.25, 0.3) is 22.3 Å². The van der Waals surface area contributed by atoms with E-state index in [9.17, 15) is 0 Å². The van der Waals surface area contributed by atoms with Gasteiger partial charge in [-0.25, -0.2) is 0 Å². The molecule has 11 nitrogen and oxygen atoms in total. The molecule has 2 atom stereocenters. The van der Waals surface area contributed by atoms with Gasteiger partial charge in [0.1, 0.15) is 48.4 Å². The van der Waals surface area contributed by atoms with Crippen molar-refractivity contribution in [3.05, 3.63) is 115 Å². The number of benzene rings is 4. The zero-order valence-electron chi connectivity index (χ0n) is 27.5. The zero-order chi connectivity index (χ0) is 33.8. The minimum atomic E-state index is 0.237. The molecule has 0 radical (unpaired) electrons. The monoisotopic (exact) mass is 677 g/mol. The van der Waals surface area contributed by atoms with E-state index in [1.54, 1.807) is 12.1 Å². The van der Waals surface area contributed by atoms with Gasteiger partial charge in [-0.1, -0.05) is 54.6 Å². The van der Waals surface area contributed by atoms with Crippen LogP contribution in [0.3, 0.4) is 0 Å². The van der Waals surface area contributed by atoms with Crippen molar-refractivity contribution in [1.82, 2.24) is 15.9 Å². The van der Waals surface area contributed by atoms with E-state index in [4.69, 9.17) is 38.1 Å². The molecule has 3 heterocycles. The summed E-state index contributed by atoms with van der Waals surface area (Å²) >= 11 is 0. The molecule has 50 heavy (non-hydrogen) atoms. The number of hydrogen-bond donors (Lipinski definition) is 2. The Morgan fingerprint density at radius 1 is 0.500 bits per heavy atom. The topological polar surface area (TPSA) is 117 Å². The quantitative estimate of drug-likeness (QED) is 0.0527. The summed E-state index contributed by atoms with van der Waals surface area (Å²) in [5, 5.41) is 0. The molecule has 2 aliphatic heterocycles. The summed E-state index contributed by atoms with van der Waals surface area (Å²) in [4.78, 5) is 15.1. The smallest absolute Gasteiger partial charge is 0.222 e. The highest BCUT2D eigenvalue weighted by Crippen LogP contribution is 2.30. The molecule has 0 spiro atoms. The summed E-state index contributed by atoms with van der Waals surface area (Å²) in [6.07, 6.45) is 0.474. The van der Waals surface area contributed by atoms with Gasteiger partial charge in [-0.3, -0.25) is 9.68 Å². The summed E-state index contributed by atoms with van der Waals surface area (Å²) in [5.41, 5.74) is 10.0. The van der Waals surface area contributed by atoms with Crippen LogP contribution >= 0.6 is 0 Å². The van der Waals surface area contributed by atoms with Gasteiger partial charge >= 0.3 is 0 Å². The fourth-order valence-electron chi connectivity index (χ4n) is 4.87. The lowest BCUT2D eigenvalue weighted by Crippen LogP contribution is -2.23. The van der Waals surface area contributed by atoms with E-state index in [-0.39, 0.29) is 12.2 Å². The Labute approximate surface area is 290 Å². The first-order chi connectivity index (χ1) is 24.7. The maximum Gasteiger partial charge on any atom is 0.222 e. The molecule has 11 heteroatoms. The van der Waals surface area contributed by atoms with Crippen LogP contribution in [0.15, 0.2) is 115 Å². The SMILES string of the molecule is c1cc(Oc2ccc(-c3ccc(OCCNOCC4CO4)cc3)cc2)nc(Oc2ccc(-c3ccc(OCCNOCC4CO4)cc3)cc2)c1. The summed E-state index contributed by atoms with van der Waals surface area (Å²) in [6.45, 7) is 4.87. The molecular weight excluding hydrogens is 638 g/mol. The van der Waals surface area contributed by atoms with Gasteiger partial charge < -0.3 is 28.4 Å². The Bertz CT molecular complexity index is 1630. The molecule has 7 rings (SSSR count). The van der Waals surface area contributed by atoms with Gasteiger partial charge in [0.15, 0.2) is 0 Å². The van der Waals surface area contributed by atoms with Crippen LogP contribution in [0.1, 0.15) is 0 Å². The molecule has 2 fully saturated rings. The lowest BCUT2D eigenvalue weighted by molar-refractivity contribution is 0.0246. The molecule has 258 valence electrons. The highest BCUT2D eigenvalue weighted by atomic mass is 16.7. The fraction of sp³-hybridized carbons (Fsp3) is 0.256. The highest BCUT2D eigenvalue weighted by Gasteiger charge is 2.23. The average molecular weight is 678 g/mol. The van der Waals surface area contributed by atoms with E-state index in [1.807, 2.05) is 103 Å². The highest BCUT2D eigenvalue weighted by molar-refractivity contribution is 5.66. The van der Waals surface area contributed by atoms with Crippen LogP contribution in [0.4, 0.5) is 0 Å². The maximum atomic E-state index is 6.04. The molecule has 5 aromatic rings. The molecule has 1 aromatic heterocycles. The minimum Gasteiger partial charge on any atom is -0.492 e. The van der Waals surface area contributed by atoms with E-state index in [0.29, 0.717) is 62.8 Å². The second-order valence-electron chi connectivity index (χ2n) is 11.6. The van der Waals surface area contributed by atoms with Gasteiger partial charge in [0, 0.05) is 12.1 Å². The number of aromatic nitrogens is 1. The van der Waals surface area contributed by atoms with Gasteiger partial charge in [-0.15, -0.1) is 0 Å². The first-order valence-electron chi connectivity index (χ1n) is 16.7. The number of rotatable bonds is 20. The molecule has 2 unspecified atom stereocenters. The molecule has 2 saturated heterocycles. The molecule has 0 saturated carbocycles. The molecule has 0 amide bonds. The average Bonchev–Trinajstić information content (AvgIpc) is 4.10. The van der Waals surface area contributed by atoms with E-state index >= 15 is 0 Å². The third kappa shape index (κ3) is 10.5. The van der Waals surface area contributed by atoms with E-state index in [0.717, 1.165) is 47.0 Å². The van der Waals surface area contributed by atoms with Crippen LogP contribution in [-0.2, 0) is 19.1 Å². The summed E-state index contributed by atoms with van der Waals surface area (Å²) < 4.78 is 33.8. The Hall–Kier alpha value is -5.01. The first kappa shape index (κ1) is 33.5. The standard InChI is InChI=1S/C39H39N3O8/c1-2-38(49-34-16-8-30(9-17-34)28-4-12-32(13-5-28)43-22-20-40-47-26-36-24-45-36)42-39(3-1)50-35-18-10-31(11-19-35)29-6-14-33(15-7-29)44-23-21-41-48-27-37-25-46-37/h1-19,36-37,40-41H,20-27H2. The van der Waals surface area contributed by atoms with E-state index in [1.165, 1.54) is 0 Å². The van der Waals surface area contributed by atoms with Crippen LogP contribution < -0.4 is 29.9 Å². The number of hydrogen-bond acceptors (Lipinski definition) is 11. The number of pyridine rings is 1. The summed E-state index contributed by atoms with van der Waals surface area (Å²) in [5.74, 6) is 3.82. The lowest BCUT2D eigenvalue weighted by Gasteiger charge is -2.10. The second-order valence-corrected chi connectivity index (χ2v) is 11.6.